The molecule has 116 valence electrons. The standard InChI is InChI=1S/C13H17ClN2O5/c1-20-4-5-21-8-12(17)16-10(13(18)19)6-9-2-3-11(14)15-7-9/h2-3,7,10H,4-6,8H2,1H3,(H,16,17)(H,18,19)/t10-/m1/s1. The van der Waals surface area contributed by atoms with Gasteiger partial charge in [0, 0.05) is 19.7 Å². The molecule has 0 fully saturated rings. The summed E-state index contributed by atoms with van der Waals surface area (Å²) < 4.78 is 9.79. The van der Waals surface area contributed by atoms with Gasteiger partial charge in [0.05, 0.1) is 13.2 Å². The minimum atomic E-state index is -1.13. The second-order valence-corrected chi connectivity index (χ2v) is 4.58. The minimum Gasteiger partial charge on any atom is -0.480 e. The average Bonchev–Trinajstić information content (AvgIpc) is 2.45. The predicted octanol–water partition coefficient (Wildman–Crippen LogP) is 0.510. The highest BCUT2D eigenvalue weighted by atomic mass is 35.5. The molecule has 1 aromatic heterocycles. The molecule has 2 N–H and O–H groups in total. The van der Waals surface area contributed by atoms with Gasteiger partial charge >= 0.3 is 5.97 Å². The fraction of sp³-hybridized carbons (Fsp3) is 0.462. The first-order valence-corrected chi connectivity index (χ1v) is 6.60. The number of amides is 1. The van der Waals surface area contributed by atoms with Gasteiger partial charge in [-0.05, 0) is 11.6 Å². The van der Waals surface area contributed by atoms with Crippen molar-refractivity contribution in [2.24, 2.45) is 0 Å². The smallest absolute Gasteiger partial charge is 0.326 e. The summed E-state index contributed by atoms with van der Waals surface area (Å²) in [5, 5.41) is 11.8. The first-order chi connectivity index (χ1) is 10.0. The Balaban J connectivity index is 2.48. The van der Waals surface area contributed by atoms with E-state index < -0.39 is 17.9 Å². The quantitative estimate of drug-likeness (QED) is 0.509. The van der Waals surface area contributed by atoms with Crippen molar-refractivity contribution in [3.05, 3.63) is 29.0 Å². The normalized spacial score (nSPS) is 11.9. The van der Waals surface area contributed by atoms with Crippen molar-refractivity contribution in [1.29, 1.82) is 0 Å². The minimum absolute atomic E-state index is 0.114. The Hall–Kier alpha value is -1.70. The topological polar surface area (TPSA) is 97.8 Å². The molecular formula is C13H17ClN2O5. The second kappa shape index (κ2) is 9.28. The molecular weight excluding hydrogens is 300 g/mol. The number of hydrogen-bond donors (Lipinski definition) is 2. The third kappa shape index (κ3) is 7.03. The van der Waals surface area contributed by atoms with Gasteiger partial charge in [-0.3, -0.25) is 4.79 Å². The largest absolute Gasteiger partial charge is 0.480 e. The molecule has 1 aromatic rings. The number of carboxylic acids is 1. The maximum Gasteiger partial charge on any atom is 0.326 e. The van der Waals surface area contributed by atoms with Gasteiger partial charge in [-0.15, -0.1) is 0 Å². The maximum absolute atomic E-state index is 11.6. The van der Waals surface area contributed by atoms with Crippen LogP contribution < -0.4 is 5.32 Å². The molecule has 7 nitrogen and oxygen atoms in total. The number of pyridine rings is 1. The number of methoxy groups -OCH3 is 1. The van der Waals surface area contributed by atoms with Crippen LogP contribution in [0.4, 0.5) is 0 Å². The predicted molar refractivity (Wildman–Crippen MR) is 75.2 cm³/mol. The van der Waals surface area contributed by atoms with E-state index in [0.717, 1.165) is 0 Å². The van der Waals surface area contributed by atoms with Crippen LogP contribution in [0.25, 0.3) is 0 Å². The molecule has 1 heterocycles. The Bertz CT molecular complexity index is 466. The highest BCUT2D eigenvalue weighted by molar-refractivity contribution is 6.29. The molecule has 0 bridgehead atoms. The van der Waals surface area contributed by atoms with Crippen molar-refractivity contribution >= 4 is 23.5 Å². The van der Waals surface area contributed by atoms with Gasteiger partial charge in [0.15, 0.2) is 0 Å². The third-order valence-corrected chi connectivity index (χ3v) is 2.75. The van der Waals surface area contributed by atoms with Crippen molar-refractivity contribution in [1.82, 2.24) is 10.3 Å². The molecule has 0 saturated carbocycles. The molecule has 0 aliphatic heterocycles. The van der Waals surface area contributed by atoms with Crippen molar-refractivity contribution < 1.29 is 24.2 Å². The van der Waals surface area contributed by atoms with E-state index in [2.05, 4.69) is 10.3 Å². The zero-order valence-electron chi connectivity index (χ0n) is 11.5. The summed E-state index contributed by atoms with van der Waals surface area (Å²) in [5.41, 5.74) is 0.660. The lowest BCUT2D eigenvalue weighted by Crippen LogP contribution is -2.44. The molecule has 21 heavy (non-hydrogen) atoms. The molecule has 1 amide bonds. The summed E-state index contributed by atoms with van der Waals surface area (Å²) in [4.78, 5) is 26.6. The van der Waals surface area contributed by atoms with Gasteiger partial charge in [0.25, 0.3) is 0 Å². The SMILES string of the molecule is COCCOCC(=O)N[C@H](Cc1ccc(Cl)nc1)C(=O)O. The monoisotopic (exact) mass is 316 g/mol. The molecule has 0 spiro atoms. The fourth-order valence-corrected chi connectivity index (χ4v) is 1.62. The van der Waals surface area contributed by atoms with Crippen LogP contribution in [0.1, 0.15) is 5.56 Å². The number of nitrogens with zero attached hydrogens (tertiary/aromatic N) is 1. The van der Waals surface area contributed by atoms with E-state index in [0.29, 0.717) is 17.3 Å². The number of aromatic nitrogens is 1. The van der Waals surface area contributed by atoms with Crippen LogP contribution >= 0.6 is 11.6 Å². The fourth-order valence-electron chi connectivity index (χ4n) is 1.51. The lowest BCUT2D eigenvalue weighted by Gasteiger charge is -2.14. The summed E-state index contributed by atoms with van der Waals surface area (Å²) in [5.74, 6) is -1.63. The lowest BCUT2D eigenvalue weighted by atomic mass is 10.1. The highest BCUT2D eigenvalue weighted by Crippen LogP contribution is 2.07. The van der Waals surface area contributed by atoms with Gasteiger partial charge in [0.2, 0.25) is 5.91 Å². The van der Waals surface area contributed by atoms with Gasteiger partial charge in [-0.1, -0.05) is 17.7 Å². The second-order valence-electron chi connectivity index (χ2n) is 4.20. The molecule has 1 rings (SSSR count). The van der Waals surface area contributed by atoms with Crippen molar-refractivity contribution in [2.45, 2.75) is 12.5 Å². The molecule has 0 aliphatic rings. The van der Waals surface area contributed by atoms with Crippen LogP contribution in [0.3, 0.4) is 0 Å². The van der Waals surface area contributed by atoms with Gasteiger partial charge < -0.3 is 19.9 Å². The number of ether oxygens (including phenoxy) is 2. The molecule has 0 aliphatic carbocycles. The van der Waals surface area contributed by atoms with Gasteiger partial charge in [0.1, 0.15) is 17.8 Å². The van der Waals surface area contributed by atoms with E-state index >= 15 is 0 Å². The summed E-state index contributed by atoms with van der Waals surface area (Å²) in [7, 11) is 1.52. The van der Waals surface area contributed by atoms with E-state index in [1.807, 2.05) is 0 Å². The summed E-state index contributed by atoms with van der Waals surface area (Å²) in [6, 6.07) is 2.17. The molecule has 0 aromatic carbocycles. The first kappa shape index (κ1) is 17.4. The lowest BCUT2D eigenvalue weighted by molar-refractivity contribution is -0.142. The van der Waals surface area contributed by atoms with Gasteiger partial charge in [-0.2, -0.15) is 0 Å². The van der Waals surface area contributed by atoms with Crippen molar-refractivity contribution in [3.8, 4) is 0 Å². The van der Waals surface area contributed by atoms with Crippen molar-refractivity contribution in [3.63, 3.8) is 0 Å². The third-order valence-electron chi connectivity index (χ3n) is 2.53. The van der Waals surface area contributed by atoms with Crippen LogP contribution in [0.5, 0.6) is 0 Å². The first-order valence-electron chi connectivity index (χ1n) is 6.22. The number of halogens is 1. The number of aliphatic carboxylic acids is 1. The van der Waals surface area contributed by atoms with Crippen LogP contribution in [-0.4, -0.2) is 54.9 Å². The number of carbonyl (C=O) groups is 2. The zero-order valence-corrected chi connectivity index (χ0v) is 12.3. The highest BCUT2D eigenvalue weighted by Gasteiger charge is 2.20. The Morgan fingerprint density at radius 2 is 2.19 bits per heavy atom. The molecule has 1 atom stereocenters. The van der Waals surface area contributed by atoms with E-state index in [1.165, 1.54) is 13.3 Å². The van der Waals surface area contributed by atoms with E-state index in [9.17, 15) is 9.59 Å². The van der Waals surface area contributed by atoms with E-state index in [4.69, 9.17) is 26.2 Å². The summed E-state index contributed by atoms with van der Waals surface area (Å²) in [6.45, 7) is 0.418. The van der Waals surface area contributed by atoms with E-state index in [-0.39, 0.29) is 19.6 Å². The summed E-state index contributed by atoms with van der Waals surface area (Å²) in [6.07, 6.45) is 1.59. The Labute approximate surface area is 127 Å². The number of carbonyl (C=O) groups excluding carboxylic acids is 1. The molecule has 0 saturated heterocycles. The average molecular weight is 317 g/mol. The van der Waals surface area contributed by atoms with E-state index in [1.54, 1.807) is 12.1 Å². The van der Waals surface area contributed by atoms with Crippen molar-refractivity contribution in [2.75, 3.05) is 26.9 Å². The van der Waals surface area contributed by atoms with Crippen LogP contribution in [-0.2, 0) is 25.5 Å². The van der Waals surface area contributed by atoms with Crippen LogP contribution in [0, 0.1) is 0 Å². The maximum atomic E-state index is 11.6. The Kier molecular flexibility index (Phi) is 7.66. The summed E-state index contributed by atoms with van der Waals surface area (Å²) >= 11 is 5.65. The molecule has 8 heteroatoms. The van der Waals surface area contributed by atoms with Gasteiger partial charge in [-0.25, -0.2) is 9.78 Å². The number of hydrogen-bond acceptors (Lipinski definition) is 5. The Morgan fingerprint density at radius 1 is 1.43 bits per heavy atom. The zero-order chi connectivity index (χ0) is 15.7. The number of carboxylic acid groups (broad SMARTS) is 1. The molecule has 0 unspecified atom stereocenters. The van der Waals surface area contributed by atoms with Crippen LogP contribution in [0.15, 0.2) is 18.3 Å². The number of nitrogens with one attached hydrogen (secondary N) is 1. The van der Waals surface area contributed by atoms with Crippen LogP contribution in [0.2, 0.25) is 5.15 Å². The number of rotatable bonds is 9. The molecule has 0 radical (unpaired) electrons. The Morgan fingerprint density at radius 3 is 2.76 bits per heavy atom.